The molecule has 42 valence electrons. The highest BCUT2D eigenvalue weighted by molar-refractivity contribution is 7.72. The predicted molar refractivity (Wildman–Crippen MR) is 36.9 cm³/mol. The van der Waals surface area contributed by atoms with Crippen LogP contribution in [0.2, 0.25) is 0 Å². The zero-order chi connectivity index (χ0) is 5.49. The fourth-order valence-electron chi connectivity index (χ4n) is 0.304. The molecule has 1 saturated heterocycles. The molecule has 1 aliphatic heterocycles. The van der Waals surface area contributed by atoms with Crippen molar-refractivity contribution in [2.45, 2.75) is 3.53 Å². The second-order valence-corrected chi connectivity index (χ2v) is 7.17. The Morgan fingerprint density at radius 1 is 1.14 bits per heavy atom. The molecule has 7 heavy (non-hydrogen) atoms. The number of hydrogen-bond donors (Lipinski definition) is 0. The van der Waals surface area contributed by atoms with Crippen molar-refractivity contribution in [3.63, 3.8) is 0 Å². The average molecular weight is 177 g/mol. The van der Waals surface area contributed by atoms with Gasteiger partial charge in [-0.05, 0) is 12.3 Å². The molecule has 0 aromatic carbocycles. The summed E-state index contributed by atoms with van der Waals surface area (Å²) in [5, 5.41) is 0. The lowest BCUT2D eigenvalue weighted by atomic mass is 11.0. The van der Waals surface area contributed by atoms with E-state index in [0.29, 0.717) is 0 Å². The minimum absolute atomic E-state index is 0.195. The smallest absolute Gasteiger partial charge is 0.0788 e. The Hall–Kier alpha value is 1.30. The molecule has 1 rings (SSSR count). The Bertz CT molecular complexity index is 72.7. The Labute approximate surface area is 58.9 Å². The van der Waals surface area contributed by atoms with Crippen molar-refractivity contribution in [1.29, 1.82) is 0 Å². The van der Waals surface area contributed by atoms with Gasteiger partial charge in [0.1, 0.15) is 0 Å². The minimum Gasteiger partial charge on any atom is -0.0788 e. The molecule has 0 aromatic heterocycles. The van der Waals surface area contributed by atoms with Gasteiger partial charge in [0.05, 0.1) is 0 Å². The van der Waals surface area contributed by atoms with Gasteiger partial charge >= 0.3 is 0 Å². The molecule has 4 heteroatoms. The zero-order valence-electron chi connectivity index (χ0n) is 3.50. The van der Waals surface area contributed by atoms with Gasteiger partial charge in [-0.2, -0.15) is 0 Å². The van der Waals surface area contributed by atoms with Gasteiger partial charge in [0, 0.05) is 0 Å². The van der Waals surface area contributed by atoms with E-state index in [0.717, 1.165) is 12.3 Å². The van der Waals surface area contributed by atoms with Crippen LogP contribution in [-0.2, 0) is 0 Å². The van der Waals surface area contributed by atoms with E-state index in [2.05, 4.69) is 0 Å². The molecule has 1 fully saturated rings. The number of alkyl halides is 3. The summed E-state index contributed by atoms with van der Waals surface area (Å²) in [4.78, 5) is 0. The Morgan fingerprint density at radius 2 is 1.57 bits per heavy atom. The van der Waals surface area contributed by atoms with Crippen LogP contribution in [0, 0.1) is 0 Å². The van der Waals surface area contributed by atoms with Gasteiger partial charge in [0.2, 0.25) is 3.53 Å². The van der Waals surface area contributed by atoms with Crippen molar-refractivity contribution in [2.75, 3.05) is 12.3 Å². The summed E-state index contributed by atoms with van der Waals surface area (Å²) in [5.41, 5.74) is 0. The molecule has 0 aliphatic carbocycles. The van der Waals surface area contributed by atoms with Gasteiger partial charge in [-0.1, -0.05) is 42.7 Å². The molecule has 0 spiro atoms. The van der Waals surface area contributed by atoms with Crippen LogP contribution in [0.1, 0.15) is 0 Å². The molecule has 0 saturated carbocycles. The first-order chi connectivity index (χ1) is 3.11. The largest absolute Gasteiger partial charge is 0.208 e. The van der Waals surface area contributed by atoms with E-state index < -0.39 is 3.53 Å². The van der Waals surface area contributed by atoms with Gasteiger partial charge in [0.15, 0.2) is 0 Å². The summed E-state index contributed by atoms with van der Waals surface area (Å²) >= 11 is 16.5. The molecule has 0 nitrogen and oxygen atoms in total. The lowest BCUT2D eigenvalue weighted by Crippen LogP contribution is -1.88. The Balaban J connectivity index is 2.36. The average Bonchev–Trinajstić information content (AvgIpc) is 1.99. The SMILES string of the molecule is ClC(Cl)(Cl)P1CC1. The van der Waals surface area contributed by atoms with E-state index in [1.807, 2.05) is 0 Å². The molecular weight excluding hydrogens is 173 g/mol. The molecule has 0 bridgehead atoms. The lowest BCUT2D eigenvalue weighted by Gasteiger charge is -2.05. The molecular formula is C3H4Cl3P. The van der Waals surface area contributed by atoms with Crippen LogP contribution in [0.15, 0.2) is 0 Å². The van der Waals surface area contributed by atoms with Gasteiger partial charge in [0.25, 0.3) is 0 Å². The highest BCUT2D eigenvalue weighted by atomic mass is 35.6. The second-order valence-electron chi connectivity index (χ2n) is 1.45. The van der Waals surface area contributed by atoms with Gasteiger partial charge in [-0.15, -0.1) is 0 Å². The third kappa shape index (κ3) is 1.93. The van der Waals surface area contributed by atoms with Gasteiger partial charge < -0.3 is 0 Å². The fourth-order valence-corrected chi connectivity index (χ4v) is 2.73. The first-order valence-corrected chi connectivity index (χ1v) is 4.77. The summed E-state index contributed by atoms with van der Waals surface area (Å²) in [6, 6.07) is 0. The number of halogens is 3. The van der Waals surface area contributed by atoms with Crippen molar-refractivity contribution in [3.8, 4) is 0 Å². The molecule has 1 heterocycles. The lowest BCUT2D eigenvalue weighted by molar-refractivity contribution is 1.75. The number of hydrogen-bond acceptors (Lipinski definition) is 0. The van der Waals surface area contributed by atoms with Crippen LogP contribution in [0.25, 0.3) is 0 Å². The first kappa shape index (κ1) is 6.42. The highest BCUT2D eigenvalue weighted by Gasteiger charge is 2.39. The van der Waals surface area contributed by atoms with Crippen LogP contribution in [0.4, 0.5) is 0 Å². The third-order valence-electron chi connectivity index (χ3n) is 0.806. The standard InChI is InChI=1S/C3H4Cl3P/c4-3(5,6)7-1-2-7/h1-2H2. The summed E-state index contributed by atoms with van der Waals surface area (Å²) in [6.07, 6.45) is 2.29. The fraction of sp³-hybridized carbons (Fsp3) is 1.00. The van der Waals surface area contributed by atoms with Crippen molar-refractivity contribution in [3.05, 3.63) is 0 Å². The van der Waals surface area contributed by atoms with E-state index in [1.165, 1.54) is 0 Å². The van der Waals surface area contributed by atoms with Crippen molar-refractivity contribution >= 4 is 42.7 Å². The monoisotopic (exact) mass is 176 g/mol. The Morgan fingerprint density at radius 3 is 1.57 bits per heavy atom. The third-order valence-corrected chi connectivity index (χ3v) is 4.57. The topological polar surface area (TPSA) is 0 Å². The van der Waals surface area contributed by atoms with Crippen LogP contribution >= 0.6 is 42.7 Å². The van der Waals surface area contributed by atoms with Crippen LogP contribution in [0.5, 0.6) is 0 Å². The Kier molecular flexibility index (Phi) is 1.76. The molecule has 0 radical (unpaired) electrons. The minimum atomic E-state index is -0.907. The van der Waals surface area contributed by atoms with Gasteiger partial charge in [-0.3, -0.25) is 0 Å². The van der Waals surface area contributed by atoms with Crippen LogP contribution < -0.4 is 0 Å². The highest BCUT2D eigenvalue weighted by Crippen LogP contribution is 2.67. The van der Waals surface area contributed by atoms with Crippen LogP contribution in [-0.4, -0.2) is 15.9 Å². The normalized spacial score (nSPS) is 22.7. The molecule has 0 aromatic rings. The molecule has 0 atom stereocenters. The second kappa shape index (κ2) is 1.92. The summed E-state index contributed by atoms with van der Waals surface area (Å²) in [7, 11) is -0.195. The van der Waals surface area contributed by atoms with E-state index in [-0.39, 0.29) is 7.92 Å². The summed E-state index contributed by atoms with van der Waals surface area (Å²) in [6.45, 7) is 0. The van der Waals surface area contributed by atoms with E-state index in [4.69, 9.17) is 34.8 Å². The maximum atomic E-state index is 5.49. The maximum Gasteiger partial charge on any atom is 0.208 e. The summed E-state index contributed by atoms with van der Waals surface area (Å²) in [5.74, 6) is 0. The molecule has 0 N–H and O–H groups in total. The van der Waals surface area contributed by atoms with E-state index in [9.17, 15) is 0 Å². The van der Waals surface area contributed by atoms with Crippen molar-refractivity contribution < 1.29 is 0 Å². The van der Waals surface area contributed by atoms with Crippen LogP contribution in [0.3, 0.4) is 0 Å². The molecule has 0 unspecified atom stereocenters. The molecule has 1 aliphatic rings. The van der Waals surface area contributed by atoms with E-state index in [1.54, 1.807) is 0 Å². The quantitative estimate of drug-likeness (QED) is 0.394. The molecule has 0 amide bonds. The zero-order valence-corrected chi connectivity index (χ0v) is 6.66. The van der Waals surface area contributed by atoms with Crippen molar-refractivity contribution in [1.82, 2.24) is 0 Å². The first-order valence-electron chi connectivity index (χ1n) is 1.92. The van der Waals surface area contributed by atoms with Crippen molar-refractivity contribution in [2.24, 2.45) is 0 Å². The summed E-state index contributed by atoms with van der Waals surface area (Å²) < 4.78 is -0.907. The maximum absolute atomic E-state index is 5.49. The number of rotatable bonds is 0. The van der Waals surface area contributed by atoms with Gasteiger partial charge in [-0.25, -0.2) is 0 Å². The predicted octanol–water partition coefficient (Wildman–Crippen LogP) is 2.81. The van der Waals surface area contributed by atoms with E-state index >= 15 is 0 Å².